The molecule has 4 nitrogen and oxygen atoms in total. The molecule has 0 saturated heterocycles. The molecule has 104 valence electrons. The molecule has 18 heavy (non-hydrogen) atoms. The molecule has 0 amide bonds. The maximum absolute atomic E-state index is 8.96. The average Bonchev–Trinajstić information content (AvgIpc) is 2.60. The van der Waals surface area contributed by atoms with Crippen LogP contribution in [-0.2, 0) is 20.0 Å². The lowest BCUT2D eigenvalue weighted by Gasteiger charge is -2.26. The van der Waals surface area contributed by atoms with E-state index in [1.165, 1.54) is 5.69 Å². The molecule has 0 aliphatic rings. The van der Waals surface area contributed by atoms with Crippen LogP contribution in [0.25, 0.3) is 0 Å². The average molecular weight is 318 g/mol. The zero-order valence-electron chi connectivity index (χ0n) is 11.8. The molecular formula is C13H24BrN3O. The fraction of sp³-hybridized carbons (Fsp3) is 0.769. The minimum absolute atomic E-state index is 0.246. The molecule has 1 aromatic rings. The second-order valence-electron chi connectivity index (χ2n) is 4.83. The first kappa shape index (κ1) is 15.7. The van der Waals surface area contributed by atoms with Gasteiger partial charge in [0.1, 0.15) is 0 Å². The molecule has 0 unspecified atom stereocenters. The molecule has 5 heteroatoms. The summed E-state index contributed by atoms with van der Waals surface area (Å²) in [6.45, 7) is 8.50. The van der Waals surface area contributed by atoms with Crippen molar-refractivity contribution in [3.63, 3.8) is 0 Å². The van der Waals surface area contributed by atoms with Crippen LogP contribution in [0.4, 0.5) is 0 Å². The lowest BCUT2D eigenvalue weighted by atomic mass is 10.2. The van der Waals surface area contributed by atoms with Crippen LogP contribution in [0.3, 0.4) is 0 Å². The van der Waals surface area contributed by atoms with Crippen LogP contribution in [-0.4, -0.2) is 39.0 Å². The van der Waals surface area contributed by atoms with Gasteiger partial charge in [-0.1, -0.05) is 6.92 Å². The van der Waals surface area contributed by atoms with E-state index in [2.05, 4.69) is 46.7 Å². The standard InChI is InChI=1S/C13H24BrN3O/c1-5-11-13(14)12(16(4)15-11)9-17(10(2)3)7-6-8-18/h10,18H,5-9H2,1-4H3. The molecule has 1 heterocycles. The second kappa shape index (κ2) is 7.26. The van der Waals surface area contributed by atoms with E-state index in [4.69, 9.17) is 5.11 Å². The van der Waals surface area contributed by atoms with Crippen molar-refractivity contribution in [3.05, 3.63) is 15.9 Å². The number of rotatable bonds is 7. The van der Waals surface area contributed by atoms with E-state index in [1.807, 2.05) is 11.7 Å². The second-order valence-corrected chi connectivity index (χ2v) is 5.62. The van der Waals surface area contributed by atoms with Crippen molar-refractivity contribution in [2.45, 2.75) is 46.2 Å². The summed E-state index contributed by atoms with van der Waals surface area (Å²) in [5.74, 6) is 0. The first-order valence-corrected chi connectivity index (χ1v) is 7.35. The van der Waals surface area contributed by atoms with Crippen LogP contribution in [0.5, 0.6) is 0 Å². The highest BCUT2D eigenvalue weighted by atomic mass is 79.9. The van der Waals surface area contributed by atoms with Gasteiger partial charge in [-0.3, -0.25) is 9.58 Å². The largest absolute Gasteiger partial charge is 0.396 e. The van der Waals surface area contributed by atoms with E-state index in [-0.39, 0.29) is 6.61 Å². The maximum atomic E-state index is 8.96. The van der Waals surface area contributed by atoms with Crippen LogP contribution in [0, 0.1) is 0 Å². The first-order chi connectivity index (χ1) is 8.51. The number of aryl methyl sites for hydroxylation is 2. The highest BCUT2D eigenvalue weighted by Gasteiger charge is 2.17. The van der Waals surface area contributed by atoms with E-state index in [0.717, 1.165) is 36.1 Å². The summed E-state index contributed by atoms with van der Waals surface area (Å²) < 4.78 is 3.08. The Bertz CT molecular complexity index is 377. The molecule has 0 bridgehead atoms. The Labute approximate surface area is 118 Å². The third-order valence-electron chi connectivity index (χ3n) is 3.19. The summed E-state index contributed by atoms with van der Waals surface area (Å²) in [7, 11) is 1.99. The zero-order valence-corrected chi connectivity index (χ0v) is 13.4. The van der Waals surface area contributed by atoms with Crippen molar-refractivity contribution in [1.82, 2.24) is 14.7 Å². The normalized spacial score (nSPS) is 11.8. The van der Waals surface area contributed by atoms with Crippen LogP contribution in [0.1, 0.15) is 38.6 Å². The molecule has 0 spiro atoms. The van der Waals surface area contributed by atoms with Gasteiger partial charge in [0.2, 0.25) is 0 Å². The Morgan fingerprint density at radius 2 is 2.11 bits per heavy atom. The number of nitrogens with zero attached hydrogens (tertiary/aromatic N) is 3. The van der Waals surface area contributed by atoms with Gasteiger partial charge in [0.25, 0.3) is 0 Å². The summed E-state index contributed by atoms with van der Waals surface area (Å²) >= 11 is 3.65. The number of hydrogen-bond acceptors (Lipinski definition) is 3. The summed E-state index contributed by atoms with van der Waals surface area (Å²) in [6, 6.07) is 0.462. The predicted octanol–water partition coefficient (Wildman–Crippen LogP) is 2.34. The van der Waals surface area contributed by atoms with Crippen molar-refractivity contribution < 1.29 is 5.11 Å². The Hall–Kier alpha value is -0.390. The molecule has 0 aromatic carbocycles. The number of aliphatic hydroxyl groups is 1. The lowest BCUT2D eigenvalue weighted by Crippen LogP contribution is -2.32. The van der Waals surface area contributed by atoms with Crippen LogP contribution < -0.4 is 0 Å². The summed E-state index contributed by atoms with van der Waals surface area (Å²) in [6.07, 6.45) is 1.75. The van der Waals surface area contributed by atoms with Gasteiger partial charge < -0.3 is 5.11 Å². The van der Waals surface area contributed by atoms with Gasteiger partial charge in [-0.05, 0) is 42.6 Å². The van der Waals surface area contributed by atoms with Gasteiger partial charge in [0, 0.05) is 32.8 Å². The first-order valence-electron chi connectivity index (χ1n) is 6.56. The molecule has 0 fully saturated rings. The zero-order chi connectivity index (χ0) is 13.7. The minimum Gasteiger partial charge on any atom is -0.396 e. The summed E-state index contributed by atoms with van der Waals surface area (Å²) in [5.41, 5.74) is 2.32. The lowest BCUT2D eigenvalue weighted by molar-refractivity contribution is 0.181. The monoisotopic (exact) mass is 317 g/mol. The van der Waals surface area contributed by atoms with Gasteiger partial charge in [0.15, 0.2) is 0 Å². The smallest absolute Gasteiger partial charge is 0.0767 e. The van der Waals surface area contributed by atoms with Crippen LogP contribution >= 0.6 is 15.9 Å². The van der Waals surface area contributed by atoms with Gasteiger partial charge >= 0.3 is 0 Å². The molecule has 0 aliphatic carbocycles. The number of aliphatic hydroxyl groups excluding tert-OH is 1. The minimum atomic E-state index is 0.246. The van der Waals surface area contributed by atoms with Gasteiger partial charge in [-0.25, -0.2) is 0 Å². The molecular weight excluding hydrogens is 294 g/mol. The van der Waals surface area contributed by atoms with Crippen molar-refractivity contribution in [2.24, 2.45) is 7.05 Å². The van der Waals surface area contributed by atoms with Crippen LogP contribution in [0.15, 0.2) is 4.47 Å². The van der Waals surface area contributed by atoms with E-state index in [1.54, 1.807) is 0 Å². The predicted molar refractivity (Wildman–Crippen MR) is 77.5 cm³/mol. The van der Waals surface area contributed by atoms with Crippen LogP contribution in [0.2, 0.25) is 0 Å². The Balaban J connectivity index is 2.83. The Kier molecular flexibility index (Phi) is 6.32. The van der Waals surface area contributed by atoms with Gasteiger partial charge in [-0.15, -0.1) is 0 Å². The number of halogens is 1. The third-order valence-corrected chi connectivity index (χ3v) is 4.10. The fourth-order valence-corrected chi connectivity index (χ4v) is 2.72. The summed E-state index contributed by atoms with van der Waals surface area (Å²) in [4.78, 5) is 2.36. The van der Waals surface area contributed by atoms with Crippen molar-refractivity contribution >= 4 is 15.9 Å². The van der Waals surface area contributed by atoms with Crippen molar-refractivity contribution in [3.8, 4) is 0 Å². The Morgan fingerprint density at radius 3 is 2.56 bits per heavy atom. The highest BCUT2D eigenvalue weighted by Crippen LogP contribution is 2.23. The SMILES string of the molecule is CCc1nn(C)c(CN(CCCO)C(C)C)c1Br. The Morgan fingerprint density at radius 1 is 1.44 bits per heavy atom. The van der Waals surface area contributed by atoms with Crippen molar-refractivity contribution in [2.75, 3.05) is 13.2 Å². The molecule has 1 rings (SSSR count). The quantitative estimate of drug-likeness (QED) is 0.839. The maximum Gasteiger partial charge on any atom is 0.0767 e. The van der Waals surface area contributed by atoms with E-state index in [0.29, 0.717) is 6.04 Å². The van der Waals surface area contributed by atoms with Gasteiger partial charge in [0.05, 0.1) is 15.9 Å². The fourth-order valence-electron chi connectivity index (χ4n) is 1.98. The molecule has 0 atom stereocenters. The topological polar surface area (TPSA) is 41.3 Å². The third kappa shape index (κ3) is 3.80. The van der Waals surface area contributed by atoms with E-state index >= 15 is 0 Å². The molecule has 0 radical (unpaired) electrons. The van der Waals surface area contributed by atoms with Gasteiger partial charge in [-0.2, -0.15) is 5.10 Å². The van der Waals surface area contributed by atoms with E-state index in [9.17, 15) is 0 Å². The number of hydrogen-bond donors (Lipinski definition) is 1. The van der Waals surface area contributed by atoms with E-state index < -0.39 is 0 Å². The molecule has 1 N–H and O–H groups in total. The molecule has 1 aromatic heterocycles. The van der Waals surface area contributed by atoms with Crippen molar-refractivity contribution in [1.29, 1.82) is 0 Å². The highest BCUT2D eigenvalue weighted by molar-refractivity contribution is 9.10. The summed E-state index contributed by atoms with van der Waals surface area (Å²) in [5, 5.41) is 13.5. The molecule has 0 aliphatic heterocycles. The molecule has 0 saturated carbocycles. The number of aromatic nitrogens is 2.